The van der Waals surface area contributed by atoms with E-state index >= 15 is 0 Å². The zero-order valence-electron chi connectivity index (χ0n) is 9.29. The highest BCUT2D eigenvalue weighted by Crippen LogP contribution is 2.24. The van der Waals surface area contributed by atoms with Crippen LogP contribution >= 0.6 is 11.6 Å². The topological polar surface area (TPSA) is 29.5 Å². The molecule has 1 aromatic carbocycles. The molecule has 3 nitrogen and oxygen atoms in total. The summed E-state index contributed by atoms with van der Waals surface area (Å²) >= 11 is 5.78. The van der Waals surface area contributed by atoms with Crippen LogP contribution in [0.25, 0.3) is 0 Å². The van der Waals surface area contributed by atoms with Crippen molar-refractivity contribution in [1.29, 1.82) is 0 Å². The summed E-state index contributed by atoms with van der Waals surface area (Å²) < 4.78 is 18.1. The van der Waals surface area contributed by atoms with E-state index in [0.717, 1.165) is 32.0 Å². The Morgan fingerprint density at radius 1 is 1.41 bits per heavy atom. The average Bonchev–Trinajstić information content (AvgIpc) is 2.81. The average molecular weight is 258 g/mol. The number of carbonyl (C=O) groups excluding carboxylic acids is 1. The summed E-state index contributed by atoms with van der Waals surface area (Å²) in [5, 5.41) is 0.180. The molecule has 0 atom stereocenters. The van der Waals surface area contributed by atoms with Gasteiger partial charge < -0.3 is 9.64 Å². The first kappa shape index (κ1) is 12.2. The number of amides is 1. The van der Waals surface area contributed by atoms with E-state index in [1.165, 1.54) is 12.1 Å². The van der Waals surface area contributed by atoms with Crippen LogP contribution in [-0.2, 0) is 4.79 Å². The summed E-state index contributed by atoms with van der Waals surface area (Å²) in [4.78, 5) is 13.4. The predicted molar refractivity (Wildman–Crippen MR) is 62.7 cm³/mol. The molecule has 0 aromatic heterocycles. The van der Waals surface area contributed by atoms with Crippen molar-refractivity contribution in [1.82, 2.24) is 4.90 Å². The number of likely N-dealkylation sites (tertiary alicyclic amines) is 1. The van der Waals surface area contributed by atoms with Crippen LogP contribution in [0.5, 0.6) is 5.75 Å². The fourth-order valence-corrected chi connectivity index (χ4v) is 2.01. The number of carbonyl (C=O) groups is 1. The molecular formula is C12H13ClFNO2. The second kappa shape index (κ2) is 5.36. The molecule has 2 rings (SSSR count). The SMILES string of the molecule is O=C(COc1ccc(F)cc1Cl)N1CCCC1. The standard InChI is InChI=1S/C12H13ClFNO2/c13-10-7-9(14)3-4-11(10)17-8-12(16)15-5-1-2-6-15/h3-4,7H,1-2,5-6,8H2. The molecule has 1 aliphatic heterocycles. The van der Waals surface area contributed by atoms with Crippen LogP contribution < -0.4 is 4.74 Å². The summed E-state index contributed by atoms with van der Waals surface area (Å²) in [6, 6.07) is 3.84. The smallest absolute Gasteiger partial charge is 0.260 e. The van der Waals surface area contributed by atoms with Gasteiger partial charge in [0.15, 0.2) is 6.61 Å². The van der Waals surface area contributed by atoms with Crippen LogP contribution in [0.1, 0.15) is 12.8 Å². The maximum Gasteiger partial charge on any atom is 0.260 e. The van der Waals surface area contributed by atoms with Crippen molar-refractivity contribution in [3.05, 3.63) is 29.0 Å². The minimum Gasteiger partial charge on any atom is -0.482 e. The van der Waals surface area contributed by atoms with Gasteiger partial charge in [-0.2, -0.15) is 0 Å². The summed E-state index contributed by atoms with van der Waals surface area (Å²) in [6.07, 6.45) is 2.09. The van der Waals surface area contributed by atoms with Gasteiger partial charge in [0.25, 0.3) is 5.91 Å². The lowest BCUT2D eigenvalue weighted by molar-refractivity contribution is -0.132. The van der Waals surface area contributed by atoms with Crippen molar-refractivity contribution < 1.29 is 13.9 Å². The van der Waals surface area contributed by atoms with Crippen molar-refractivity contribution in [2.24, 2.45) is 0 Å². The number of hydrogen-bond acceptors (Lipinski definition) is 2. The van der Waals surface area contributed by atoms with Crippen molar-refractivity contribution >= 4 is 17.5 Å². The van der Waals surface area contributed by atoms with Gasteiger partial charge in [-0.15, -0.1) is 0 Å². The second-order valence-electron chi connectivity index (χ2n) is 3.95. The normalized spacial score (nSPS) is 15.1. The molecule has 5 heteroatoms. The van der Waals surface area contributed by atoms with E-state index in [-0.39, 0.29) is 17.5 Å². The van der Waals surface area contributed by atoms with Crippen LogP contribution in [0.2, 0.25) is 5.02 Å². The summed E-state index contributed by atoms with van der Waals surface area (Å²) in [5.74, 6) is -0.142. The van der Waals surface area contributed by atoms with Gasteiger partial charge in [-0.05, 0) is 31.0 Å². The number of hydrogen-bond donors (Lipinski definition) is 0. The van der Waals surface area contributed by atoms with Gasteiger partial charge in [-0.1, -0.05) is 11.6 Å². The Morgan fingerprint density at radius 3 is 2.76 bits per heavy atom. The molecule has 1 aliphatic rings. The molecule has 1 fully saturated rings. The van der Waals surface area contributed by atoms with Crippen LogP contribution in [0, 0.1) is 5.82 Å². The molecule has 0 radical (unpaired) electrons. The van der Waals surface area contributed by atoms with Crippen LogP contribution in [-0.4, -0.2) is 30.5 Å². The predicted octanol–water partition coefficient (Wildman–Crippen LogP) is 2.48. The Hall–Kier alpha value is -1.29. The quantitative estimate of drug-likeness (QED) is 0.833. The lowest BCUT2D eigenvalue weighted by Gasteiger charge is -2.15. The summed E-state index contributed by atoms with van der Waals surface area (Å²) in [7, 11) is 0. The third-order valence-electron chi connectivity index (χ3n) is 2.70. The fraction of sp³-hybridized carbons (Fsp3) is 0.417. The molecule has 0 unspecified atom stereocenters. The highest BCUT2D eigenvalue weighted by Gasteiger charge is 2.18. The monoisotopic (exact) mass is 257 g/mol. The maximum absolute atomic E-state index is 12.8. The molecule has 0 spiro atoms. The molecule has 0 aliphatic carbocycles. The fourth-order valence-electron chi connectivity index (χ4n) is 1.79. The zero-order valence-corrected chi connectivity index (χ0v) is 10.0. The Bertz CT molecular complexity index is 419. The minimum atomic E-state index is -0.423. The second-order valence-corrected chi connectivity index (χ2v) is 4.36. The highest BCUT2D eigenvalue weighted by atomic mass is 35.5. The van der Waals surface area contributed by atoms with Gasteiger partial charge in [-0.3, -0.25) is 4.79 Å². The molecule has 1 heterocycles. The van der Waals surface area contributed by atoms with Crippen LogP contribution in [0.3, 0.4) is 0 Å². The molecule has 1 aromatic rings. The molecule has 0 saturated carbocycles. The first-order chi connectivity index (χ1) is 8.16. The number of rotatable bonds is 3. The Morgan fingerprint density at radius 2 is 2.12 bits per heavy atom. The van der Waals surface area contributed by atoms with Crippen molar-refractivity contribution in [2.75, 3.05) is 19.7 Å². The Balaban J connectivity index is 1.90. The molecule has 0 N–H and O–H groups in total. The third-order valence-corrected chi connectivity index (χ3v) is 3.00. The van der Waals surface area contributed by atoms with E-state index in [9.17, 15) is 9.18 Å². The first-order valence-electron chi connectivity index (χ1n) is 5.52. The first-order valence-corrected chi connectivity index (χ1v) is 5.90. The molecular weight excluding hydrogens is 245 g/mol. The molecule has 92 valence electrons. The van der Waals surface area contributed by atoms with Gasteiger partial charge in [0, 0.05) is 13.1 Å². The van der Waals surface area contributed by atoms with Crippen LogP contribution in [0.4, 0.5) is 4.39 Å². The van der Waals surface area contributed by atoms with E-state index in [0.29, 0.717) is 5.75 Å². The number of benzene rings is 1. The highest BCUT2D eigenvalue weighted by molar-refractivity contribution is 6.32. The Kier molecular flexibility index (Phi) is 3.84. The lowest BCUT2D eigenvalue weighted by atomic mass is 10.3. The van der Waals surface area contributed by atoms with Gasteiger partial charge in [0.2, 0.25) is 0 Å². The third kappa shape index (κ3) is 3.09. The zero-order chi connectivity index (χ0) is 12.3. The number of ether oxygens (including phenoxy) is 1. The van der Waals surface area contributed by atoms with Crippen molar-refractivity contribution in [2.45, 2.75) is 12.8 Å². The van der Waals surface area contributed by atoms with Crippen molar-refractivity contribution in [3.63, 3.8) is 0 Å². The van der Waals surface area contributed by atoms with Gasteiger partial charge in [0.05, 0.1) is 5.02 Å². The lowest BCUT2D eigenvalue weighted by Crippen LogP contribution is -2.32. The van der Waals surface area contributed by atoms with E-state index in [4.69, 9.17) is 16.3 Å². The van der Waals surface area contributed by atoms with Crippen LogP contribution in [0.15, 0.2) is 18.2 Å². The minimum absolute atomic E-state index is 0.0502. The van der Waals surface area contributed by atoms with Gasteiger partial charge in [-0.25, -0.2) is 4.39 Å². The summed E-state index contributed by atoms with van der Waals surface area (Å²) in [6.45, 7) is 1.53. The van der Waals surface area contributed by atoms with E-state index in [1.807, 2.05) is 0 Å². The van der Waals surface area contributed by atoms with E-state index in [2.05, 4.69) is 0 Å². The molecule has 17 heavy (non-hydrogen) atoms. The van der Waals surface area contributed by atoms with E-state index in [1.54, 1.807) is 4.90 Å². The number of nitrogens with zero attached hydrogens (tertiary/aromatic N) is 1. The van der Waals surface area contributed by atoms with E-state index < -0.39 is 5.82 Å². The Labute approximate surface area is 104 Å². The number of halogens is 2. The summed E-state index contributed by atoms with van der Waals surface area (Å²) in [5.41, 5.74) is 0. The molecule has 1 saturated heterocycles. The van der Waals surface area contributed by atoms with Gasteiger partial charge >= 0.3 is 0 Å². The largest absolute Gasteiger partial charge is 0.482 e. The van der Waals surface area contributed by atoms with Crippen molar-refractivity contribution in [3.8, 4) is 5.75 Å². The molecule has 0 bridgehead atoms. The van der Waals surface area contributed by atoms with Gasteiger partial charge in [0.1, 0.15) is 11.6 Å². The maximum atomic E-state index is 12.8. The molecule has 1 amide bonds.